The van der Waals surface area contributed by atoms with Crippen LogP contribution < -0.4 is 20.3 Å². The van der Waals surface area contributed by atoms with Crippen LogP contribution in [0.1, 0.15) is 43.1 Å². The number of aryl methyl sites for hydroxylation is 1. The quantitative estimate of drug-likeness (QED) is 0.285. The van der Waals surface area contributed by atoms with Gasteiger partial charge in [0.05, 0.1) is 12.3 Å². The molecule has 0 atom stereocenters. The molecule has 1 amide bonds. The highest BCUT2D eigenvalue weighted by Gasteiger charge is 2.12. The third-order valence-corrected chi connectivity index (χ3v) is 6.20. The van der Waals surface area contributed by atoms with Crippen LogP contribution in [0, 0.1) is 6.92 Å². The van der Waals surface area contributed by atoms with Gasteiger partial charge < -0.3 is 15.0 Å². The molecule has 0 unspecified atom stereocenters. The molecule has 9 heteroatoms. The van der Waals surface area contributed by atoms with Crippen molar-refractivity contribution in [3.8, 4) is 11.4 Å². The summed E-state index contributed by atoms with van der Waals surface area (Å²) in [5.41, 5.74) is 5.73. The summed E-state index contributed by atoms with van der Waals surface area (Å²) in [5, 5.41) is 15.4. The van der Waals surface area contributed by atoms with Crippen LogP contribution in [-0.2, 0) is 0 Å². The molecule has 0 saturated heterocycles. The maximum atomic E-state index is 12.6. The van der Waals surface area contributed by atoms with Gasteiger partial charge in [-0.15, -0.1) is 10.2 Å². The number of thiocarbonyl (C=S) groups is 1. The molecule has 0 fully saturated rings. The van der Waals surface area contributed by atoms with Gasteiger partial charge in [-0.3, -0.25) is 10.1 Å². The summed E-state index contributed by atoms with van der Waals surface area (Å²) in [6.45, 7) is 10.8. The van der Waals surface area contributed by atoms with Crippen molar-refractivity contribution in [3.05, 3.63) is 71.8 Å². The van der Waals surface area contributed by atoms with E-state index in [2.05, 4.69) is 51.7 Å². The van der Waals surface area contributed by atoms with Crippen molar-refractivity contribution in [2.45, 2.75) is 34.1 Å². The molecule has 0 aliphatic carbocycles. The first kappa shape index (κ1) is 26.1. The predicted octanol–water partition coefficient (Wildman–Crippen LogP) is 5.49. The molecule has 0 saturated carbocycles. The molecule has 37 heavy (non-hydrogen) atoms. The smallest absolute Gasteiger partial charge is 0.257 e. The van der Waals surface area contributed by atoms with Crippen LogP contribution in [0.5, 0.6) is 5.75 Å². The van der Waals surface area contributed by atoms with Crippen LogP contribution in [0.4, 0.5) is 11.4 Å². The fourth-order valence-electron chi connectivity index (χ4n) is 3.95. The number of anilines is 2. The normalized spacial score (nSPS) is 10.8. The van der Waals surface area contributed by atoms with E-state index >= 15 is 0 Å². The molecule has 3 aromatic carbocycles. The van der Waals surface area contributed by atoms with Gasteiger partial charge >= 0.3 is 0 Å². The lowest BCUT2D eigenvalue weighted by molar-refractivity contribution is 0.0977. The van der Waals surface area contributed by atoms with Crippen LogP contribution in [0.3, 0.4) is 0 Å². The minimum atomic E-state index is -0.294. The molecular formula is C28H32N6O2S. The number of fused-ring (bicyclic) bond motifs is 1. The van der Waals surface area contributed by atoms with E-state index < -0.39 is 0 Å². The summed E-state index contributed by atoms with van der Waals surface area (Å²) >= 11 is 5.40. The lowest BCUT2D eigenvalue weighted by Crippen LogP contribution is -2.34. The fourth-order valence-corrected chi connectivity index (χ4v) is 4.16. The number of carbonyl (C=O) groups excluding carboxylic acids is 1. The van der Waals surface area contributed by atoms with Crippen molar-refractivity contribution in [2.75, 3.05) is 29.9 Å². The zero-order chi connectivity index (χ0) is 26.4. The molecular weight excluding hydrogens is 484 g/mol. The molecule has 0 aliphatic heterocycles. The Labute approximate surface area is 222 Å². The fraction of sp³-hybridized carbons (Fsp3) is 0.286. The summed E-state index contributed by atoms with van der Waals surface area (Å²) < 4.78 is 5.57. The van der Waals surface area contributed by atoms with E-state index in [0.717, 1.165) is 53.2 Å². The standard InChI is InChI=1S/C28H32N6O2S/c1-5-16-36-23-14-8-20(9-15-23)27(35)30-28(37)29-24-18-26-25(17-19(24)4)31-34(32-26)22-12-10-21(11-13-22)33(6-2)7-3/h8-15,17-18H,5-7,16H2,1-4H3,(H2,29,30,35,37). The number of benzene rings is 3. The molecule has 0 spiro atoms. The van der Waals surface area contributed by atoms with Gasteiger partial charge in [-0.1, -0.05) is 6.92 Å². The second-order valence-corrected chi connectivity index (χ2v) is 9.02. The van der Waals surface area contributed by atoms with E-state index in [9.17, 15) is 4.79 Å². The number of rotatable bonds is 9. The number of ether oxygens (including phenoxy) is 1. The topological polar surface area (TPSA) is 84.3 Å². The van der Waals surface area contributed by atoms with Gasteiger partial charge in [-0.2, -0.15) is 4.80 Å². The molecule has 4 rings (SSSR count). The first-order chi connectivity index (χ1) is 17.9. The van der Waals surface area contributed by atoms with Gasteiger partial charge in [0.2, 0.25) is 0 Å². The number of hydrogen-bond donors (Lipinski definition) is 2. The van der Waals surface area contributed by atoms with Crippen molar-refractivity contribution in [1.82, 2.24) is 20.3 Å². The Hall–Kier alpha value is -3.98. The summed E-state index contributed by atoms with van der Waals surface area (Å²) in [5.74, 6) is 0.438. The van der Waals surface area contributed by atoms with Crippen molar-refractivity contribution in [1.29, 1.82) is 0 Å². The molecule has 8 nitrogen and oxygen atoms in total. The molecule has 1 heterocycles. The van der Waals surface area contributed by atoms with E-state index in [1.54, 1.807) is 29.1 Å². The van der Waals surface area contributed by atoms with E-state index in [1.165, 1.54) is 5.69 Å². The van der Waals surface area contributed by atoms with E-state index in [-0.39, 0.29) is 11.0 Å². The highest BCUT2D eigenvalue weighted by Crippen LogP contribution is 2.23. The number of nitrogens with zero attached hydrogens (tertiary/aromatic N) is 4. The molecule has 0 bridgehead atoms. The Balaban J connectivity index is 1.44. The SMILES string of the molecule is CCCOc1ccc(C(=O)NC(=S)Nc2cc3nn(-c4ccc(N(CC)CC)cc4)nc3cc2C)cc1. The Morgan fingerprint density at radius 1 is 0.973 bits per heavy atom. The molecule has 0 aliphatic rings. The average Bonchev–Trinajstić information content (AvgIpc) is 3.31. The van der Waals surface area contributed by atoms with Crippen LogP contribution in [0.25, 0.3) is 16.7 Å². The number of aromatic nitrogens is 3. The largest absolute Gasteiger partial charge is 0.494 e. The lowest BCUT2D eigenvalue weighted by Gasteiger charge is -2.20. The maximum Gasteiger partial charge on any atom is 0.257 e. The van der Waals surface area contributed by atoms with Crippen LogP contribution >= 0.6 is 12.2 Å². The first-order valence-corrected chi connectivity index (χ1v) is 12.9. The second-order valence-electron chi connectivity index (χ2n) is 8.62. The third kappa shape index (κ3) is 6.24. The van der Waals surface area contributed by atoms with Gasteiger partial charge in [0.1, 0.15) is 16.8 Å². The van der Waals surface area contributed by atoms with Gasteiger partial charge in [0.15, 0.2) is 5.11 Å². The van der Waals surface area contributed by atoms with Crippen molar-refractivity contribution < 1.29 is 9.53 Å². The summed E-state index contributed by atoms with van der Waals surface area (Å²) in [4.78, 5) is 16.5. The van der Waals surface area contributed by atoms with Crippen molar-refractivity contribution in [2.24, 2.45) is 0 Å². The highest BCUT2D eigenvalue weighted by molar-refractivity contribution is 7.80. The Kier molecular flexibility index (Phi) is 8.35. The Bertz CT molecular complexity index is 1380. The van der Waals surface area contributed by atoms with E-state index in [4.69, 9.17) is 17.0 Å². The highest BCUT2D eigenvalue weighted by atomic mass is 32.1. The zero-order valence-electron chi connectivity index (χ0n) is 21.6. The molecule has 1 aromatic heterocycles. The minimum Gasteiger partial charge on any atom is -0.494 e. The van der Waals surface area contributed by atoms with Crippen LogP contribution in [-0.4, -0.2) is 45.7 Å². The zero-order valence-corrected chi connectivity index (χ0v) is 22.4. The number of nitrogens with one attached hydrogen (secondary N) is 2. The van der Waals surface area contributed by atoms with Gasteiger partial charge in [-0.05, 0) is 106 Å². The lowest BCUT2D eigenvalue weighted by atomic mass is 10.2. The predicted molar refractivity (Wildman–Crippen MR) is 153 cm³/mol. The van der Waals surface area contributed by atoms with Crippen LogP contribution in [0.15, 0.2) is 60.7 Å². The summed E-state index contributed by atoms with van der Waals surface area (Å²) in [7, 11) is 0. The van der Waals surface area contributed by atoms with Gasteiger partial charge in [0, 0.05) is 30.0 Å². The Morgan fingerprint density at radius 3 is 2.24 bits per heavy atom. The van der Waals surface area contributed by atoms with Crippen molar-refractivity contribution >= 4 is 45.6 Å². The first-order valence-electron chi connectivity index (χ1n) is 12.5. The van der Waals surface area contributed by atoms with Gasteiger partial charge in [0.25, 0.3) is 5.91 Å². The molecule has 192 valence electrons. The Morgan fingerprint density at radius 2 is 1.62 bits per heavy atom. The van der Waals surface area contributed by atoms with E-state index in [0.29, 0.717) is 12.2 Å². The molecule has 0 radical (unpaired) electrons. The number of carbonyl (C=O) groups is 1. The van der Waals surface area contributed by atoms with E-state index in [1.807, 2.05) is 38.1 Å². The number of hydrogen-bond acceptors (Lipinski definition) is 6. The summed E-state index contributed by atoms with van der Waals surface area (Å²) in [6.07, 6.45) is 0.924. The maximum absolute atomic E-state index is 12.6. The minimum absolute atomic E-state index is 0.207. The molecule has 4 aromatic rings. The monoisotopic (exact) mass is 516 g/mol. The molecule has 2 N–H and O–H groups in total. The van der Waals surface area contributed by atoms with Gasteiger partial charge in [-0.25, -0.2) is 0 Å². The third-order valence-electron chi connectivity index (χ3n) is 6.00. The summed E-state index contributed by atoms with van der Waals surface area (Å²) in [6, 6.07) is 19.0. The average molecular weight is 517 g/mol. The van der Waals surface area contributed by atoms with Crippen molar-refractivity contribution in [3.63, 3.8) is 0 Å². The second kappa shape index (κ2) is 11.8. The van der Waals surface area contributed by atoms with Crippen LogP contribution in [0.2, 0.25) is 0 Å². The number of amides is 1.